The number of hydrogen-bond donors (Lipinski definition) is 1. The lowest BCUT2D eigenvalue weighted by atomic mass is 10.1. The van der Waals surface area contributed by atoms with Crippen LogP contribution in [0.15, 0.2) is 65.2 Å². The maximum absolute atomic E-state index is 12.2. The Morgan fingerprint density at radius 1 is 1.10 bits per heavy atom. The molecular formula is C24H28N2O3. The summed E-state index contributed by atoms with van der Waals surface area (Å²) in [5, 5.41) is 3.05. The number of nitrogens with one attached hydrogen (secondary N) is 1. The number of rotatable bonds is 10. The topological polar surface area (TPSA) is 64.4 Å². The van der Waals surface area contributed by atoms with Crippen molar-refractivity contribution >= 4 is 5.91 Å². The third-order valence-corrected chi connectivity index (χ3v) is 4.69. The standard InChI is InChI=1S/C24H28N2O3/c1-3-28-21-13-11-20(12-14-21)22-17-25-24(29-22)16-15-23(27)26-18(2)9-10-19-7-5-4-6-8-19/h4-8,11-14,17-18H,3,9-10,15-16H2,1-2H3,(H,26,27). The molecule has 5 nitrogen and oxygen atoms in total. The number of carbonyl (C=O) groups is 1. The van der Waals surface area contributed by atoms with Crippen LogP contribution in [0.3, 0.4) is 0 Å². The highest BCUT2D eigenvalue weighted by Gasteiger charge is 2.11. The van der Waals surface area contributed by atoms with Crippen molar-refractivity contribution in [3.05, 3.63) is 72.2 Å². The Balaban J connectivity index is 1.43. The van der Waals surface area contributed by atoms with Gasteiger partial charge in [-0.3, -0.25) is 4.79 Å². The van der Waals surface area contributed by atoms with Gasteiger partial charge >= 0.3 is 0 Å². The molecule has 0 saturated heterocycles. The van der Waals surface area contributed by atoms with E-state index in [0.29, 0.717) is 31.1 Å². The van der Waals surface area contributed by atoms with E-state index in [1.807, 2.05) is 56.3 Å². The van der Waals surface area contributed by atoms with Crippen LogP contribution in [0, 0.1) is 0 Å². The van der Waals surface area contributed by atoms with Gasteiger partial charge in [-0.2, -0.15) is 0 Å². The van der Waals surface area contributed by atoms with Crippen molar-refractivity contribution < 1.29 is 13.9 Å². The van der Waals surface area contributed by atoms with Crippen molar-refractivity contribution in [1.82, 2.24) is 10.3 Å². The summed E-state index contributed by atoms with van der Waals surface area (Å²) in [5.74, 6) is 2.11. The van der Waals surface area contributed by atoms with E-state index in [1.165, 1.54) is 5.56 Å². The zero-order valence-electron chi connectivity index (χ0n) is 17.1. The average molecular weight is 392 g/mol. The first-order valence-corrected chi connectivity index (χ1v) is 10.1. The van der Waals surface area contributed by atoms with Crippen LogP contribution in [0.4, 0.5) is 0 Å². The smallest absolute Gasteiger partial charge is 0.220 e. The number of amides is 1. The summed E-state index contributed by atoms with van der Waals surface area (Å²) < 4.78 is 11.2. The second kappa shape index (κ2) is 10.5. The molecule has 5 heteroatoms. The number of nitrogens with zero attached hydrogens (tertiary/aromatic N) is 1. The zero-order chi connectivity index (χ0) is 20.5. The lowest BCUT2D eigenvalue weighted by Gasteiger charge is -2.13. The minimum Gasteiger partial charge on any atom is -0.494 e. The number of aromatic nitrogens is 1. The number of aryl methyl sites for hydroxylation is 2. The highest BCUT2D eigenvalue weighted by Crippen LogP contribution is 2.23. The van der Waals surface area contributed by atoms with E-state index in [1.54, 1.807) is 6.20 Å². The third kappa shape index (κ3) is 6.49. The predicted molar refractivity (Wildman–Crippen MR) is 114 cm³/mol. The largest absolute Gasteiger partial charge is 0.494 e. The van der Waals surface area contributed by atoms with E-state index < -0.39 is 0 Å². The molecule has 2 aromatic carbocycles. The predicted octanol–water partition coefficient (Wildman–Crippen LogP) is 4.81. The van der Waals surface area contributed by atoms with E-state index in [9.17, 15) is 4.79 Å². The molecule has 0 fully saturated rings. The van der Waals surface area contributed by atoms with E-state index in [-0.39, 0.29) is 11.9 Å². The quantitative estimate of drug-likeness (QED) is 0.538. The molecule has 1 aromatic heterocycles. The molecule has 1 amide bonds. The Morgan fingerprint density at radius 2 is 1.86 bits per heavy atom. The SMILES string of the molecule is CCOc1ccc(-c2cnc(CCC(=O)NC(C)CCc3ccccc3)o2)cc1. The Kier molecular flexibility index (Phi) is 7.45. The number of hydrogen-bond acceptors (Lipinski definition) is 4. The van der Waals surface area contributed by atoms with Crippen LogP contribution in [0.5, 0.6) is 5.75 Å². The first-order chi connectivity index (χ1) is 14.1. The zero-order valence-corrected chi connectivity index (χ0v) is 17.1. The molecule has 152 valence electrons. The average Bonchev–Trinajstić information content (AvgIpc) is 3.21. The first-order valence-electron chi connectivity index (χ1n) is 10.1. The van der Waals surface area contributed by atoms with Crippen molar-refractivity contribution in [1.29, 1.82) is 0 Å². The van der Waals surface area contributed by atoms with Crippen LogP contribution in [-0.4, -0.2) is 23.5 Å². The molecule has 0 radical (unpaired) electrons. The molecule has 0 aliphatic carbocycles. The number of carbonyl (C=O) groups excluding carboxylic acids is 1. The van der Waals surface area contributed by atoms with Gasteiger partial charge < -0.3 is 14.5 Å². The summed E-state index contributed by atoms with van der Waals surface area (Å²) >= 11 is 0. The summed E-state index contributed by atoms with van der Waals surface area (Å²) in [4.78, 5) is 16.5. The molecule has 0 bridgehead atoms. The summed E-state index contributed by atoms with van der Waals surface area (Å²) in [6.45, 7) is 4.63. The number of ether oxygens (including phenoxy) is 1. The van der Waals surface area contributed by atoms with Gasteiger partial charge in [-0.1, -0.05) is 30.3 Å². The molecule has 0 aliphatic heterocycles. The molecule has 0 spiro atoms. The third-order valence-electron chi connectivity index (χ3n) is 4.69. The lowest BCUT2D eigenvalue weighted by molar-refractivity contribution is -0.121. The second-order valence-electron chi connectivity index (χ2n) is 7.07. The second-order valence-corrected chi connectivity index (χ2v) is 7.07. The minimum atomic E-state index is 0.0198. The lowest BCUT2D eigenvalue weighted by Crippen LogP contribution is -2.33. The Bertz CT molecular complexity index is 888. The Morgan fingerprint density at radius 3 is 2.59 bits per heavy atom. The van der Waals surface area contributed by atoms with Gasteiger partial charge in [-0.05, 0) is 56.5 Å². The van der Waals surface area contributed by atoms with Gasteiger partial charge in [-0.15, -0.1) is 0 Å². The maximum Gasteiger partial charge on any atom is 0.220 e. The monoisotopic (exact) mass is 392 g/mol. The van der Waals surface area contributed by atoms with Gasteiger partial charge in [0.1, 0.15) is 5.75 Å². The molecule has 1 atom stereocenters. The summed E-state index contributed by atoms with van der Waals surface area (Å²) in [6.07, 6.45) is 4.41. The van der Waals surface area contributed by atoms with Crippen molar-refractivity contribution in [3.8, 4) is 17.1 Å². The fourth-order valence-electron chi connectivity index (χ4n) is 3.11. The van der Waals surface area contributed by atoms with Gasteiger partial charge in [-0.25, -0.2) is 4.98 Å². The normalized spacial score (nSPS) is 11.8. The van der Waals surface area contributed by atoms with E-state index in [2.05, 4.69) is 22.4 Å². The van der Waals surface area contributed by atoms with Crippen molar-refractivity contribution in [2.75, 3.05) is 6.61 Å². The molecule has 29 heavy (non-hydrogen) atoms. The number of benzene rings is 2. The van der Waals surface area contributed by atoms with Crippen LogP contribution in [0.25, 0.3) is 11.3 Å². The van der Waals surface area contributed by atoms with Crippen LogP contribution >= 0.6 is 0 Å². The van der Waals surface area contributed by atoms with Crippen LogP contribution < -0.4 is 10.1 Å². The highest BCUT2D eigenvalue weighted by molar-refractivity contribution is 5.76. The van der Waals surface area contributed by atoms with Crippen molar-refractivity contribution in [2.24, 2.45) is 0 Å². The van der Waals surface area contributed by atoms with Crippen LogP contribution in [0.1, 0.15) is 38.1 Å². The highest BCUT2D eigenvalue weighted by atomic mass is 16.5. The first kappa shape index (κ1) is 20.6. The molecular weight excluding hydrogens is 364 g/mol. The van der Waals surface area contributed by atoms with Gasteiger partial charge in [0.2, 0.25) is 5.91 Å². The summed E-state index contributed by atoms with van der Waals surface area (Å²) in [6, 6.07) is 18.1. The summed E-state index contributed by atoms with van der Waals surface area (Å²) in [5.41, 5.74) is 2.22. The molecule has 1 N–H and O–H groups in total. The van der Waals surface area contributed by atoms with Crippen LogP contribution in [0.2, 0.25) is 0 Å². The van der Waals surface area contributed by atoms with E-state index in [0.717, 1.165) is 24.2 Å². The summed E-state index contributed by atoms with van der Waals surface area (Å²) in [7, 11) is 0. The van der Waals surface area contributed by atoms with E-state index >= 15 is 0 Å². The number of oxazole rings is 1. The van der Waals surface area contributed by atoms with E-state index in [4.69, 9.17) is 9.15 Å². The fraction of sp³-hybridized carbons (Fsp3) is 0.333. The van der Waals surface area contributed by atoms with Gasteiger partial charge in [0, 0.05) is 24.4 Å². The van der Waals surface area contributed by atoms with Gasteiger partial charge in [0.05, 0.1) is 12.8 Å². The molecule has 1 heterocycles. The molecule has 3 rings (SSSR count). The Hall–Kier alpha value is -3.08. The molecule has 0 aliphatic rings. The van der Waals surface area contributed by atoms with Crippen LogP contribution in [-0.2, 0) is 17.6 Å². The molecule has 3 aromatic rings. The fourth-order valence-corrected chi connectivity index (χ4v) is 3.11. The van der Waals surface area contributed by atoms with Crippen molar-refractivity contribution in [2.45, 2.75) is 45.6 Å². The minimum absolute atomic E-state index is 0.0198. The van der Waals surface area contributed by atoms with Crippen molar-refractivity contribution in [3.63, 3.8) is 0 Å². The van der Waals surface area contributed by atoms with Gasteiger partial charge in [0.15, 0.2) is 11.7 Å². The Labute approximate surface area is 172 Å². The maximum atomic E-state index is 12.2. The molecule has 1 unspecified atom stereocenters. The van der Waals surface area contributed by atoms with Gasteiger partial charge in [0.25, 0.3) is 0 Å². The molecule has 0 saturated carbocycles.